The smallest absolute Gasteiger partial charge is 0.272 e. The standard InChI is InChI=1S/C19H26N4O2/c24-18(16-4-1-2-8-20-16)22-10-3-9-21(12-13-22)17-7-11-23(19(17)25)14-15-5-6-15/h1-2,4,8,15,17H,3,5-7,9-14H2/t17-/m0/s1. The van der Waals surface area contributed by atoms with Crippen LogP contribution in [0.5, 0.6) is 0 Å². The van der Waals surface area contributed by atoms with Gasteiger partial charge in [0.25, 0.3) is 5.91 Å². The predicted octanol–water partition coefficient (Wildman–Crippen LogP) is 1.24. The molecule has 0 spiro atoms. The molecule has 6 heteroatoms. The van der Waals surface area contributed by atoms with E-state index in [0.717, 1.165) is 51.5 Å². The fourth-order valence-electron chi connectivity index (χ4n) is 3.96. The van der Waals surface area contributed by atoms with Crippen molar-refractivity contribution in [3.63, 3.8) is 0 Å². The predicted molar refractivity (Wildman–Crippen MR) is 94.0 cm³/mol. The molecule has 6 nitrogen and oxygen atoms in total. The maximum Gasteiger partial charge on any atom is 0.272 e. The van der Waals surface area contributed by atoms with Crippen molar-refractivity contribution < 1.29 is 9.59 Å². The average Bonchev–Trinajstić information content (AvgIpc) is 3.43. The van der Waals surface area contributed by atoms with Gasteiger partial charge in [-0.05, 0) is 43.7 Å². The molecule has 0 unspecified atom stereocenters. The summed E-state index contributed by atoms with van der Waals surface area (Å²) in [7, 11) is 0. The number of aromatic nitrogens is 1. The summed E-state index contributed by atoms with van der Waals surface area (Å²) in [5.41, 5.74) is 0.503. The zero-order chi connectivity index (χ0) is 17.2. The van der Waals surface area contributed by atoms with Gasteiger partial charge >= 0.3 is 0 Å². The summed E-state index contributed by atoms with van der Waals surface area (Å²) >= 11 is 0. The van der Waals surface area contributed by atoms with Crippen molar-refractivity contribution >= 4 is 11.8 Å². The fraction of sp³-hybridized carbons (Fsp3) is 0.632. The molecule has 3 heterocycles. The maximum atomic E-state index is 12.7. The molecule has 2 saturated heterocycles. The summed E-state index contributed by atoms with van der Waals surface area (Å²) in [5, 5.41) is 0. The topological polar surface area (TPSA) is 56.8 Å². The minimum atomic E-state index is -0.00411. The Morgan fingerprint density at radius 2 is 1.96 bits per heavy atom. The molecule has 1 aromatic heterocycles. The van der Waals surface area contributed by atoms with Gasteiger partial charge in [-0.25, -0.2) is 0 Å². The third kappa shape index (κ3) is 3.68. The molecular formula is C19H26N4O2. The Balaban J connectivity index is 1.35. The molecule has 0 radical (unpaired) electrons. The third-order valence-corrected chi connectivity index (χ3v) is 5.59. The number of carbonyl (C=O) groups is 2. The Labute approximate surface area is 148 Å². The Morgan fingerprint density at radius 3 is 2.72 bits per heavy atom. The first-order chi connectivity index (χ1) is 12.2. The van der Waals surface area contributed by atoms with Crippen LogP contribution in [-0.2, 0) is 4.79 Å². The van der Waals surface area contributed by atoms with Gasteiger partial charge < -0.3 is 9.80 Å². The van der Waals surface area contributed by atoms with Crippen LogP contribution in [0.4, 0.5) is 0 Å². The summed E-state index contributed by atoms with van der Waals surface area (Å²) in [6.07, 6.45) is 6.05. The summed E-state index contributed by atoms with van der Waals surface area (Å²) in [5.74, 6) is 1.05. The van der Waals surface area contributed by atoms with E-state index in [9.17, 15) is 9.59 Å². The molecule has 1 saturated carbocycles. The van der Waals surface area contributed by atoms with Crippen LogP contribution in [0.1, 0.15) is 36.2 Å². The number of hydrogen-bond donors (Lipinski definition) is 0. The Morgan fingerprint density at radius 1 is 1.08 bits per heavy atom. The number of amides is 2. The Kier molecular flexibility index (Phi) is 4.70. The zero-order valence-corrected chi connectivity index (χ0v) is 14.6. The highest BCUT2D eigenvalue weighted by molar-refractivity contribution is 5.92. The molecule has 0 bridgehead atoms. The van der Waals surface area contributed by atoms with Crippen molar-refractivity contribution in [2.24, 2.45) is 5.92 Å². The first kappa shape index (κ1) is 16.5. The largest absolute Gasteiger partial charge is 0.341 e. The van der Waals surface area contributed by atoms with E-state index in [1.807, 2.05) is 17.0 Å². The van der Waals surface area contributed by atoms with Crippen molar-refractivity contribution in [1.82, 2.24) is 19.7 Å². The van der Waals surface area contributed by atoms with Gasteiger partial charge in [-0.1, -0.05) is 6.07 Å². The van der Waals surface area contributed by atoms with Crippen molar-refractivity contribution in [2.75, 3.05) is 39.3 Å². The highest BCUT2D eigenvalue weighted by Crippen LogP contribution is 2.31. The van der Waals surface area contributed by atoms with Crippen LogP contribution < -0.4 is 0 Å². The van der Waals surface area contributed by atoms with Crippen LogP contribution >= 0.6 is 0 Å². The van der Waals surface area contributed by atoms with E-state index >= 15 is 0 Å². The van der Waals surface area contributed by atoms with Gasteiger partial charge in [0.1, 0.15) is 5.69 Å². The molecule has 1 aliphatic carbocycles. The molecule has 4 rings (SSSR count). The second-order valence-electron chi connectivity index (χ2n) is 7.43. The highest BCUT2D eigenvalue weighted by Gasteiger charge is 2.38. The van der Waals surface area contributed by atoms with E-state index < -0.39 is 0 Å². The molecule has 25 heavy (non-hydrogen) atoms. The van der Waals surface area contributed by atoms with Crippen LogP contribution in [0.25, 0.3) is 0 Å². The first-order valence-electron chi connectivity index (χ1n) is 9.45. The van der Waals surface area contributed by atoms with Gasteiger partial charge in [-0.15, -0.1) is 0 Å². The van der Waals surface area contributed by atoms with E-state index in [2.05, 4.69) is 14.8 Å². The SMILES string of the molecule is O=C(c1ccccn1)N1CCCN([C@H]2CCN(CC3CC3)C2=O)CC1. The fourth-order valence-corrected chi connectivity index (χ4v) is 3.96. The molecule has 2 amide bonds. The number of likely N-dealkylation sites (tertiary alicyclic amines) is 1. The third-order valence-electron chi connectivity index (χ3n) is 5.59. The molecular weight excluding hydrogens is 316 g/mol. The lowest BCUT2D eigenvalue weighted by Gasteiger charge is -2.26. The van der Waals surface area contributed by atoms with E-state index in [0.29, 0.717) is 18.1 Å². The summed E-state index contributed by atoms with van der Waals surface area (Å²) in [4.78, 5) is 35.7. The van der Waals surface area contributed by atoms with Gasteiger partial charge in [0, 0.05) is 45.5 Å². The molecule has 2 aliphatic heterocycles. The van der Waals surface area contributed by atoms with Crippen LogP contribution in [0, 0.1) is 5.92 Å². The molecule has 0 aromatic carbocycles. The van der Waals surface area contributed by atoms with E-state index in [-0.39, 0.29) is 11.9 Å². The summed E-state index contributed by atoms with van der Waals surface area (Å²) in [6.45, 7) is 4.91. The van der Waals surface area contributed by atoms with Gasteiger partial charge in [-0.2, -0.15) is 0 Å². The van der Waals surface area contributed by atoms with Crippen molar-refractivity contribution in [3.05, 3.63) is 30.1 Å². The lowest BCUT2D eigenvalue weighted by atomic mass is 10.2. The molecule has 1 aromatic rings. The summed E-state index contributed by atoms with van der Waals surface area (Å²) < 4.78 is 0. The molecule has 3 aliphatic rings. The van der Waals surface area contributed by atoms with Gasteiger partial charge in [-0.3, -0.25) is 19.5 Å². The number of pyridine rings is 1. The Bertz CT molecular complexity index is 632. The van der Waals surface area contributed by atoms with Crippen LogP contribution in [-0.4, -0.2) is 76.8 Å². The normalized spacial score (nSPS) is 25.3. The first-order valence-corrected chi connectivity index (χ1v) is 9.45. The number of carbonyl (C=O) groups excluding carboxylic acids is 2. The minimum absolute atomic E-state index is 0.00411. The second kappa shape index (κ2) is 7.12. The zero-order valence-electron chi connectivity index (χ0n) is 14.6. The molecule has 1 atom stereocenters. The van der Waals surface area contributed by atoms with Gasteiger partial charge in [0.15, 0.2) is 0 Å². The highest BCUT2D eigenvalue weighted by atomic mass is 16.2. The average molecular weight is 342 g/mol. The van der Waals surface area contributed by atoms with Crippen LogP contribution in [0.3, 0.4) is 0 Å². The van der Waals surface area contributed by atoms with Gasteiger partial charge in [0.2, 0.25) is 5.91 Å². The van der Waals surface area contributed by atoms with Crippen LogP contribution in [0.2, 0.25) is 0 Å². The van der Waals surface area contributed by atoms with Gasteiger partial charge in [0.05, 0.1) is 6.04 Å². The lowest BCUT2D eigenvalue weighted by Crippen LogP contribution is -2.44. The van der Waals surface area contributed by atoms with E-state index in [1.54, 1.807) is 12.3 Å². The van der Waals surface area contributed by atoms with E-state index in [4.69, 9.17) is 0 Å². The van der Waals surface area contributed by atoms with Crippen molar-refractivity contribution in [2.45, 2.75) is 31.7 Å². The number of rotatable bonds is 4. The van der Waals surface area contributed by atoms with Crippen molar-refractivity contribution in [3.8, 4) is 0 Å². The summed E-state index contributed by atoms with van der Waals surface area (Å²) in [6, 6.07) is 5.45. The van der Waals surface area contributed by atoms with E-state index in [1.165, 1.54) is 12.8 Å². The minimum Gasteiger partial charge on any atom is -0.341 e. The van der Waals surface area contributed by atoms with Crippen LogP contribution in [0.15, 0.2) is 24.4 Å². The second-order valence-corrected chi connectivity index (χ2v) is 7.43. The quantitative estimate of drug-likeness (QED) is 0.826. The number of nitrogens with zero attached hydrogens (tertiary/aromatic N) is 4. The molecule has 134 valence electrons. The molecule has 0 N–H and O–H groups in total. The molecule has 3 fully saturated rings. The van der Waals surface area contributed by atoms with Crippen molar-refractivity contribution in [1.29, 1.82) is 0 Å². The maximum absolute atomic E-state index is 12.7. The number of hydrogen-bond acceptors (Lipinski definition) is 4. The lowest BCUT2D eigenvalue weighted by molar-refractivity contribution is -0.132. The monoisotopic (exact) mass is 342 g/mol. The Hall–Kier alpha value is -1.95.